The number of sulfonamides is 1. The second-order valence-corrected chi connectivity index (χ2v) is 17.2. The summed E-state index contributed by atoms with van der Waals surface area (Å²) in [6.07, 6.45) is 4.04. The Morgan fingerprint density at radius 2 is 1.87 bits per heavy atom. The van der Waals surface area contributed by atoms with Crippen molar-refractivity contribution in [1.29, 1.82) is 0 Å². The van der Waals surface area contributed by atoms with Crippen molar-refractivity contribution in [3.63, 3.8) is 0 Å². The molecule has 7 atom stereocenters. The molecule has 0 bridgehead atoms. The van der Waals surface area contributed by atoms with Gasteiger partial charge in [0.2, 0.25) is 27.7 Å². The predicted octanol–water partition coefficient (Wildman–Crippen LogP) is 2.14. The molecule has 3 fully saturated rings. The van der Waals surface area contributed by atoms with Gasteiger partial charge in [-0.05, 0) is 63.5 Å². The van der Waals surface area contributed by atoms with E-state index < -0.39 is 74.1 Å². The molecule has 294 valence electrons. The number of benzene rings is 1. The predicted molar refractivity (Wildman–Crippen MR) is 193 cm³/mol. The number of carbonyl (C=O) groups is 4. The van der Waals surface area contributed by atoms with Crippen LogP contribution in [0.4, 0.5) is 4.79 Å². The van der Waals surface area contributed by atoms with Crippen molar-refractivity contribution in [3.8, 4) is 17.6 Å². The molecular weight excluding hydrogens is 724 g/mol. The van der Waals surface area contributed by atoms with E-state index in [1.165, 1.54) is 26.2 Å². The lowest BCUT2D eigenvalue weighted by Gasteiger charge is -2.33. The standard InChI is InChI=1S/C36H48N6O11S/c1-20-9-6-7-10-22-17-36(22,32(45)41-54(48,49)35(2)13-14-35)40-29(43)25-16-23(18-42(25)31(44)28(38-34(46)47)21(15-20)19-50-3)53-33-37-24-11-8-12-26(51-4)27(24)30(39-33)52-5/h7-8,10-12,20-23,25,28,38H,6,9,13-19H2,1-5H3,(H,40,43)(H,41,45)(H,46,47)/b10-7-/t20-,21-,22+,23+,25-,28-,36+/m0/s1. The first-order chi connectivity index (χ1) is 25.6. The number of aromatic nitrogens is 2. The van der Waals surface area contributed by atoms with E-state index >= 15 is 0 Å². The fourth-order valence-electron chi connectivity index (χ4n) is 7.54. The van der Waals surface area contributed by atoms with Crippen LogP contribution < -0.4 is 29.6 Å². The lowest BCUT2D eigenvalue weighted by atomic mass is 9.87. The number of allylic oxidation sites excluding steroid dienone is 1. The number of hydrogen-bond acceptors (Lipinski definition) is 12. The first kappa shape index (κ1) is 39.0. The van der Waals surface area contributed by atoms with E-state index in [1.54, 1.807) is 25.1 Å². The fourth-order valence-corrected chi connectivity index (χ4v) is 8.85. The molecule has 0 spiro atoms. The minimum atomic E-state index is -4.03. The molecule has 4 N–H and O–H groups in total. The number of carbonyl (C=O) groups excluding carboxylic acids is 3. The maximum atomic E-state index is 14.6. The number of amides is 4. The number of nitrogens with zero attached hydrogens (tertiary/aromatic N) is 3. The molecule has 2 aliphatic carbocycles. The molecule has 17 nitrogen and oxygen atoms in total. The number of nitrogens with one attached hydrogen (secondary N) is 3. The zero-order valence-electron chi connectivity index (χ0n) is 31.0. The second kappa shape index (κ2) is 15.2. The third kappa shape index (κ3) is 7.76. The van der Waals surface area contributed by atoms with Crippen LogP contribution in [0.25, 0.3) is 10.9 Å². The summed E-state index contributed by atoms with van der Waals surface area (Å²) >= 11 is 0. The number of fused-ring (bicyclic) bond motifs is 3. The highest BCUT2D eigenvalue weighted by Gasteiger charge is 2.63. The smallest absolute Gasteiger partial charge is 0.405 e. The highest BCUT2D eigenvalue weighted by Crippen LogP contribution is 2.47. The molecule has 1 aromatic heterocycles. The van der Waals surface area contributed by atoms with Crippen molar-refractivity contribution in [3.05, 3.63) is 30.4 Å². The van der Waals surface area contributed by atoms with Crippen molar-refractivity contribution >= 4 is 44.7 Å². The molecule has 4 amide bonds. The number of rotatable bonds is 10. The lowest BCUT2D eigenvalue weighted by Crippen LogP contribution is -2.59. The van der Waals surface area contributed by atoms with Gasteiger partial charge in [0.25, 0.3) is 5.91 Å². The van der Waals surface area contributed by atoms with Crippen molar-refractivity contribution in [2.45, 2.75) is 87.3 Å². The van der Waals surface area contributed by atoms with Gasteiger partial charge in [0, 0.05) is 25.4 Å². The maximum absolute atomic E-state index is 14.6. The molecule has 3 heterocycles. The van der Waals surface area contributed by atoms with Gasteiger partial charge in [-0.2, -0.15) is 9.97 Å². The number of hydrogen-bond donors (Lipinski definition) is 4. The molecule has 4 aliphatic rings. The topological polar surface area (TPSA) is 225 Å². The average Bonchev–Trinajstić information content (AvgIpc) is 4.01. The van der Waals surface area contributed by atoms with Crippen LogP contribution in [0.15, 0.2) is 30.4 Å². The maximum Gasteiger partial charge on any atom is 0.405 e. The third-order valence-corrected chi connectivity index (χ3v) is 13.2. The molecule has 2 aliphatic heterocycles. The zero-order chi connectivity index (χ0) is 39.0. The summed E-state index contributed by atoms with van der Waals surface area (Å²) in [4.78, 5) is 65.1. The quantitative estimate of drug-likeness (QED) is 0.255. The molecule has 2 aromatic rings. The summed E-state index contributed by atoms with van der Waals surface area (Å²) in [6.45, 7) is 3.46. The Balaban J connectivity index is 1.36. The first-order valence-electron chi connectivity index (χ1n) is 18.0. The molecule has 1 aromatic carbocycles. The number of ether oxygens (including phenoxy) is 4. The van der Waals surface area contributed by atoms with E-state index in [0.717, 1.165) is 0 Å². The Morgan fingerprint density at radius 3 is 2.54 bits per heavy atom. The van der Waals surface area contributed by atoms with E-state index in [0.29, 0.717) is 48.8 Å². The van der Waals surface area contributed by atoms with Crippen molar-refractivity contribution in [2.75, 3.05) is 34.5 Å². The Hall–Kier alpha value is -4.71. The van der Waals surface area contributed by atoms with Gasteiger partial charge in [-0.15, -0.1) is 0 Å². The van der Waals surface area contributed by atoms with Crippen LogP contribution in [0.3, 0.4) is 0 Å². The summed E-state index contributed by atoms with van der Waals surface area (Å²) < 4.78 is 50.1. The van der Waals surface area contributed by atoms with Gasteiger partial charge >= 0.3 is 12.1 Å². The van der Waals surface area contributed by atoms with E-state index in [1.807, 2.05) is 19.1 Å². The Bertz CT molecular complexity index is 1940. The average molecular weight is 773 g/mol. The molecule has 1 saturated heterocycles. The summed E-state index contributed by atoms with van der Waals surface area (Å²) in [5.74, 6) is -2.65. The van der Waals surface area contributed by atoms with Crippen LogP contribution in [0, 0.1) is 17.8 Å². The van der Waals surface area contributed by atoms with Crippen LogP contribution >= 0.6 is 0 Å². The van der Waals surface area contributed by atoms with Gasteiger partial charge in [-0.25, -0.2) is 13.2 Å². The highest BCUT2D eigenvalue weighted by molar-refractivity contribution is 7.91. The van der Waals surface area contributed by atoms with E-state index in [2.05, 4.69) is 25.3 Å². The van der Waals surface area contributed by atoms with Crippen molar-refractivity contribution in [2.24, 2.45) is 17.8 Å². The third-order valence-electron chi connectivity index (χ3n) is 11.1. The molecule has 6 rings (SSSR count). The SMILES string of the molecule is COC[C@@H]1C[C@@H](C)CC/C=C\[C@@H]2C[C@@]2(C(=O)NS(=O)(=O)C2(C)CC2)NC(=O)[C@@H]2C[C@@H](Oc3nc(OC)c4c(OC)cccc4n3)CN2C(=O)[C@H]1NC(=O)O. The summed E-state index contributed by atoms with van der Waals surface area (Å²) in [5.41, 5.74) is -1.13. The van der Waals surface area contributed by atoms with Crippen LogP contribution in [-0.4, -0.2) is 115 Å². The fraction of sp³-hybridized carbons (Fsp3) is 0.611. The van der Waals surface area contributed by atoms with Gasteiger partial charge in [-0.1, -0.05) is 25.1 Å². The minimum Gasteiger partial charge on any atom is -0.496 e. The van der Waals surface area contributed by atoms with Gasteiger partial charge in [0.15, 0.2) is 0 Å². The molecule has 0 unspecified atom stereocenters. The Morgan fingerprint density at radius 1 is 1.11 bits per heavy atom. The van der Waals surface area contributed by atoms with Crippen LogP contribution in [0.2, 0.25) is 0 Å². The molecule has 18 heteroatoms. The largest absolute Gasteiger partial charge is 0.496 e. The van der Waals surface area contributed by atoms with Gasteiger partial charge in [0.05, 0.1) is 37.6 Å². The molecule has 54 heavy (non-hydrogen) atoms. The van der Waals surface area contributed by atoms with E-state index in [-0.39, 0.29) is 43.8 Å². The van der Waals surface area contributed by atoms with Crippen LogP contribution in [0.5, 0.6) is 17.6 Å². The second-order valence-electron chi connectivity index (χ2n) is 15.0. The molecule has 0 radical (unpaired) electrons. The molecular formula is C36H48N6O11S. The number of methoxy groups -OCH3 is 3. The molecule has 2 saturated carbocycles. The van der Waals surface area contributed by atoms with Gasteiger partial charge < -0.3 is 39.6 Å². The Kier molecular flexibility index (Phi) is 11.0. The zero-order valence-corrected chi connectivity index (χ0v) is 31.8. The highest BCUT2D eigenvalue weighted by atomic mass is 32.2. The summed E-state index contributed by atoms with van der Waals surface area (Å²) in [6, 6.07) is 2.55. The number of carboxylic acid groups (broad SMARTS) is 1. The van der Waals surface area contributed by atoms with E-state index in [9.17, 15) is 32.7 Å². The summed E-state index contributed by atoms with van der Waals surface area (Å²) in [5, 5.41) is 15.6. The normalized spacial score (nSPS) is 30.1. The Labute approximate surface area is 313 Å². The monoisotopic (exact) mass is 772 g/mol. The van der Waals surface area contributed by atoms with Gasteiger partial charge in [-0.3, -0.25) is 19.1 Å². The van der Waals surface area contributed by atoms with E-state index in [4.69, 9.17) is 18.9 Å². The van der Waals surface area contributed by atoms with Crippen molar-refractivity contribution < 1.29 is 51.6 Å². The van der Waals surface area contributed by atoms with Gasteiger partial charge in [0.1, 0.15) is 34.9 Å². The van der Waals surface area contributed by atoms with Crippen LogP contribution in [0.1, 0.15) is 58.8 Å². The first-order valence-corrected chi connectivity index (χ1v) is 19.5. The minimum absolute atomic E-state index is 0.0337. The lowest BCUT2D eigenvalue weighted by molar-refractivity contribution is -0.142. The summed E-state index contributed by atoms with van der Waals surface area (Å²) in [7, 11) is 0.375. The van der Waals surface area contributed by atoms with Crippen molar-refractivity contribution in [1.82, 2.24) is 30.2 Å². The van der Waals surface area contributed by atoms with Crippen LogP contribution in [-0.2, 0) is 29.1 Å².